The summed E-state index contributed by atoms with van der Waals surface area (Å²) in [4.78, 5) is 34.9. The van der Waals surface area contributed by atoms with Crippen molar-refractivity contribution in [2.75, 3.05) is 0 Å². The predicted octanol–water partition coefficient (Wildman–Crippen LogP) is 2.17. The highest BCUT2D eigenvalue weighted by Gasteiger charge is 2.30. The van der Waals surface area contributed by atoms with Crippen LogP contribution >= 0.6 is 0 Å². The molecule has 1 saturated carbocycles. The zero-order valence-corrected chi connectivity index (χ0v) is 13.4. The van der Waals surface area contributed by atoms with Crippen LogP contribution in [0.15, 0.2) is 24.3 Å². The molecule has 1 aromatic carbocycles. The Labute approximate surface area is 141 Å². The van der Waals surface area contributed by atoms with Crippen molar-refractivity contribution in [1.82, 2.24) is 10.6 Å². The Kier molecular flexibility index (Phi) is 5.66. The third kappa shape index (κ3) is 6.09. The molecule has 0 aromatic heterocycles. The molecule has 0 saturated heterocycles. The van der Waals surface area contributed by atoms with Gasteiger partial charge >= 0.3 is 18.2 Å². The average molecular weight is 358 g/mol. The lowest BCUT2D eigenvalue weighted by Crippen LogP contribution is -2.45. The lowest BCUT2D eigenvalue weighted by atomic mass is 10.1. The second-order valence-electron chi connectivity index (χ2n) is 5.74. The van der Waals surface area contributed by atoms with E-state index >= 15 is 0 Å². The van der Waals surface area contributed by atoms with Gasteiger partial charge in [0.1, 0.15) is 0 Å². The van der Waals surface area contributed by atoms with Gasteiger partial charge in [-0.3, -0.25) is 14.9 Å². The van der Waals surface area contributed by atoms with Crippen LogP contribution in [0, 0.1) is 0 Å². The molecule has 6 nitrogen and oxygen atoms in total. The van der Waals surface area contributed by atoms with Crippen molar-refractivity contribution in [3.8, 4) is 0 Å². The van der Waals surface area contributed by atoms with Gasteiger partial charge in [-0.2, -0.15) is 13.2 Å². The number of amides is 3. The molecule has 1 aliphatic rings. The molecular formula is C16H17F3N2O4. The smallest absolute Gasteiger partial charge is 0.416 e. The first-order valence-electron chi connectivity index (χ1n) is 7.62. The maximum absolute atomic E-state index is 12.5. The number of alkyl halides is 3. The molecule has 3 amide bonds. The van der Waals surface area contributed by atoms with Crippen LogP contribution in [0.25, 0.3) is 0 Å². The van der Waals surface area contributed by atoms with Crippen molar-refractivity contribution in [2.24, 2.45) is 0 Å². The summed E-state index contributed by atoms with van der Waals surface area (Å²) in [6, 6.07) is 3.47. The first kappa shape index (κ1) is 18.8. The molecule has 1 fully saturated rings. The molecule has 1 unspecified atom stereocenters. The maximum atomic E-state index is 12.5. The lowest BCUT2D eigenvalue weighted by Gasteiger charge is -2.13. The van der Waals surface area contributed by atoms with E-state index < -0.39 is 35.8 Å². The van der Waals surface area contributed by atoms with Crippen LogP contribution in [0.1, 0.15) is 30.9 Å². The third-order valence-corrected chi connectivity index (χ3v) is 3.46. The van der Waals surface area contributed by atoms with E-state index in [4.69, 9.17) is 4.74 Å². The Morgan fingerprint density at radius 1 is 1.20 bits per heavy atom. The minimum atomic E-state index is -4.45. The second kappa shape index (κ2) is 7.54. The van der Waals surface area contributed by atoms with Gasteiger partial charge in [-0.15, -0.1) is 0 Å². The number of carbonyl (C=O) groups is 3. The van der Waals surface area contributed by atoms with Gasteiger partial charge in [0.2, 0.25) is 0 Å². The topological polar surface area (TPSA) is 84.5 Å². The highest BCUT2D eigenvalue weighted by Crippen LogP contribution is 2.29. The zero-order valence-electron chi connectivity index (χ0n) is 13.4. The summed E-state index contributed by atoms with van der Waals surface area (Å²) in [7, 11) is 0. The largest absolute Gasteiger partial charge is 0.452 e. The minimum absolute atomic E-state index is 0.0744. The van der Waals surface area contributed by atoms with Gasteiger partial charge in [0, 0.05) is 6.04 Å². The number of hydrogen-bond acceptors (Lipinski definition) is 4. The quantitative estimate of drug-likeness (QED) is 0.790. The molecule has 1 aliphatic carbocycles. The molecule has 2 rings (SSSR count). The number of carbonyl (C=O) groups excluding carboxylic acids is 3. The van der Waals surface area contributed by atoms with E-state index in [0.29, 0.717) is 5.56 Å². The predicted molar refractivity (Wildman–Crippen MR) is 80.4 cm³/mol. The standard InChI is InChI=1S/C16H17F3N2O4/c1-9(14(23)21-15(24)20-12-6-7-12)25-13(22)8-10-2-4-11(5-3-10)16(17,18)19/h2-5,9,12H,6-8H2,1H3,(H2,20,21,23,24). The van der Waals surface area contributed by atoms with Crippen LogP contribution < -0.4 is 10.6 Å². The number of halogens is 3. The molecule has 1 aromatic rings. The Hall–Kier alpha value is -2.58. The molecule has 2 N–H and O–H groups in total. The normalized spacial score (nSPS) is 15.2. The van der Waals surface area contributed by atoms with Gasteiger partial charge in [0.15, 0.2) is 6.10 Å². The van der Waals surface area contributed by atoms with Crippen molar-refractivity contribution in [1.29, 1.82) is 0 Å². The number of nitrogens with one attached hydrogen (secondary N) is 2. The van der Waals surface area contributed by atoms with E-state index in [1.54, 1.807) is 0 Å². The summed E-state index contributed by atoms with van der Waals surface area (Å²) in [6.07, 6.45) is -4.22. The number of esters is 1. The molecular weight excluding hydrogens is 341 g/mol. The van der Waals surface area contributed by atoms with Crippen LogP contribution in [0.2, 0.25) is 0 Å². The number of hydrogen-bond donors (Lipinski definition) is 2. The molecule has 1 atom stereocenters. The van der Waals surface area contributed by atoms with Crippen LogP contribution in [0.3, 0.4) is 0 Å². The first-order valence-corrected chi connectivity index (χ1v) is 7.62. The van der Waals surface area contributed by atoms with Crippen molar-refractivity contribution < 1.29 is 32.3 Å². The number of imide groups is 1. The summed E-state index contributed by atoms with van der Waals surface area (Å²) in [5, 5.41) is 4.60. The van der Waals surface area contributed by atoms with Gasteiger partial charge in [-0.25, -0.2) is 4.79 Å². The van der Waals surface area contributed by atoms with E-state index in [1.165, 1.54) is 6.92 Å². The summed E-state index contributed by atoms with van der Waals surface area (Å²) in [5.74, 6) is -1.57. The van der Waals surface area contributed by atoms with Crippen molar-refractivity contribution in [3.63, 3.8) is 0 Å². The van der Waals surface area contributed by atoms with Crippen molar-refractivity contribution in [3.05, 3.63) is 35.4 Å². The summed E-state index contributed by atoms with van der Waals surface area (Å²) >= 11 is 0. The SMILES string of the molecule is CC(OC(=O)Cc1ccc(C(F)(F)F)cc1)C(=O)NC(=O)NC1CC1. The summed E-state index contributed by atoms with van der Waals surface area (Å²) < 4.78 is 42.3. The van der Waals surface area contributed by atoms with Crippen molar-refractivity contribution >= 4 is 17.9 Å². The van der Waals surface area contributed by atoms with E-state index in [2.05, 4.69) is 10.6 Å². The van der Waals surface area contributed by atoms with E-state index in [-0.39, 0.29) is 12.5 Å². The second-order valence-corrected chi connectivity index (χ2v) is 5.74. The molecule has 9 heteroatoms. The number of urea groups is 1. The maximum Gasteiger partial charge on any atom is 0.416 e. The minimum Gasteiger partial charge on any atom is -0.452 e. The molecule has 0 heterocycles. The Bertz CT molecular complexity index is 654. The molecule has 0 bridgehead atoms. The summed E-state index contributed by atoms with van der Waals surface area (Å²) in [5.41, 5.74) is -0.504. The fourth-order valence-corrected chi connectivity index (χ4v) is 1.93. The number of ether oxygens (including phenoxy) is 1. The fourth-order valence-electron chi connectivity index (χ4n) is 1.93. The highest BCUT2D eigenvalue weighted by atomic mass is 19.4. The zero-order chi connectivity index (χ0) is 18.6. The third-order valence-electron chi connectivity index (χ3n) is 3.46. The van der Waals surface area contributed by atoms with Gasteiger partial charge in [0.25, 0.3) is 5.91 Å². The van der Waals surface area contributed by atoms with Crippen LogP contribution in [0.4, 0.5) is 18.0 Å². The molecule has 25 heavy (non-hydrogen) atoms. The van der Waals surface area contributed by atoms with Gasteiger partial charge in [-0.05, 0) is 37.5 Å². The Morgan fingerprint density at radius 3 is 2.32 bits per heavy atom. The highest BCUT2D eigenvalue weighted by molar-refractivity contribution is 5.97. The summed E-state index contributed by atoms with van der Waals surface area (Å²) in [6.45, 7) is 1.30. The fraction of sp³-hybridized carbons (Fsp3) is 0.438. The Balaban J connectivity index is 1.80. The van der Waals surface area contributed by atoms with Gasteiger partial charge in [0.05, 0.1) is 12.0 Å². The molecule has 136 valence electrons. The van der Waals surface area contributed by atoms with Crippen molar-refractivity contribution in [2.45, 2.75) is 44.5 Å². The van der Waals surface area contributed by atoms with E-state index in [9.17, 15) is 27.6 Å². The molecule has 0 radical (unpaired) electrons. The van der Waals surface area contributed by atoms with Gasteiger partial charge in [-0.1, -0.05) is 12.1 Å². The average Bonchev–Trinajstić information content (AvgIpc) is 3.30. The first-order chi connectivity index (χ1) is 11.6. The monoisotopic (exact) mass is 358 g/mol. The van der Waals surface area contributed by atoms with E-state index in [0.717, 1.165) is 37.1 Å². The molecule has 0 aliphatic heterocycles. The Morgan fingerprint density at radius 2 is 1.80 bits per heavy atom. The number of rotatable bonds is 5. The number of benzene rings is 1. The van der Waals surface area contributed by atoms with Crippen LogP contribution in [-0.2, 0) is 26.9 Å². The van der Waals surface area contributed by atoms with Crippen LogP contribution in [0.5, 0.6) is 0 Å². The lowest BCUT2D eigenvalue weighted by molar-refractivity contribution is -0.153. The van der Waals surface area contributed by atoms with Gasteiger partial charge < -0.3 is 10.1 Å². The molecule has 0 spiro atoms. The van der Waals surface area contributed by atoms with Crippen LogP contribution in [-0.4, -0.2) is 30.1 Å². The van der Waals surface area contributed by atoms with E-state index in [1.807, 2.05) is 0 Å².